The summed E-state index contributed by atoms with van der Waals surface area (Å²) in [7, 11) is -3.83. The maximum Gasteiger partial charge on any atom is 0.238 e. The van der Waals surface area contributed by atoms with Gasteiger partial charge in [-0.3, -0.25) is 0 Å². The lowest BCUT2D eigenvalue weighted by Gasteiger charge is -2.18. The highest BCUT2D eigenvalue weighted by Crippen LogP contribution is 2.27. The molecule has 6 N–H and O–H groups in total. The van der Waals surface area contributed by atoms with Gasteiger partial charge in [-0.25, -0.2) is 24.4 Å². The number of rotatable bonds is 4. The molecule has 23 heavy (non-hydrogen) atoms. The van der Waals surface area contributed by atoms with Crippen molar-refractivity contribution < 1.29 is 8.42 Å². The second-order valence-corrected chi connectivity index (χ2v) is 7.04. The van der Waals surface area contributed by atoms with E-state index in [9.17, 15) is 8.42 Å². The van der Waals surface area contributed by atoms with Crippen molar-refractivity contribution in [1.82, 2.24) is 21.9 Å². The minimum absolute atomic E-state index is 0.109. The highest BCUT2D eigenvalue weighted by Gasteiger charge is 2.26. The van der Waals surface area contributed by atoms with Gasteiger partial charge in [0, 0.05) is 5.56 Å². The first kappa shape index (κ1) is 16.1. The molecule has 2 aromatic carbocycles. The lowest BCUT2D eigenvalue weighted by atomic mass is 9.97. The van der Waals surface area contributed by atoms with Gasteiger partial charge in [-0.05, 0) is 30.5 Å². The molecule has 7 nitrogen and oxygen atoms in total. The van der Waals surface area contributed by atoms with Crippen LogP contribution in [0, 0.1) is 6.92 Å². The molecule has 8 heteroatoms. The van der Waals surface area contributed by atoms with Crippen LogP contribution in [-0.4, -0.2) is 8.42 Å². The van der Waals surface area contributed by atoms with Crippen LogP contribution in [0.2, 0.25) is 0 Å². The fourth-order valence-corrected chi connectivity index (χ4v) is 3.58. The molecule has 1 saturated heterocycles. The summed E-state index contributed by atoms with van der Waals surface area (Å²) >= 11 is 0. The van der Waals surface area contributed by atoms with E-state index >= 15 is 0 Å². The van der Waals surface area contributed by atoms with Crippen LogP contribution < -0.4 is 27.1 Å². The summed E-state index contributed by atoms with van der Waals surface area (Å²) in [4.78, 5) is 0.109. The van der Waals surface area contributed by atoms with Crippen LogP contribution in [0.5, 0.6) is 0 Å². The van der Waals surface area contributed by atoms with Crippen LogP contribution >= 0.6 is 0 Å². The van der Waals surface area contributed by atoms with Gasteiger partial charge in [-0.15, -0.1) is 0 Å². The van der Waals surface area contributed by atoms with Gasteiger partial charge in [0.2, 0.25) is 10.0 Å². The number of hydrogen-bond acceptors (Lipinski definition) is 6. The third-order valence-electron chi connectivity index (χ3n) is 3.72. The van der Waals surface area contributed by atoms with Crippen molar-refractivity contribution in [3.05, 3.63) is 64.7 Å². The molecule has 0 aliphatic carbocycles. The number of hydrogen-bond donors (Lipinski definition) is 5. The maximum absolute atomic E-state index is 12.0. The van der Waals surface area contributed by atoms with Crippen molar-refractivity contribution in [2.75, 3.05) is 0 Å². The predicted molar refractivity (Wildman–Crippen MR) is 87.1 cm³/mol. The zero-order valence-corrected chi connectivity index (χ0v) is 13.4. The first-order valence-corrected chi connectivity index (χ1v) is 8.71. The molecule has 0 bridgehead atoms. The smallest absolute Gasteiger partial charge is 0.225 e. The number of nitrogens with one attached hydrogen (secondary N) is 4. The van der Waals surface area contributed by atoms with Gasteiger partial charge >= 0.3 is 0 Å². The van der Waals surface area contributed by atoms with E-state index in [4.69, 9.17) is 5.14 Å². The fraction of sp³-hybridized carbons (Fsp3) is 0.200. The maximum atomic E-state index is 12.0. The Morgan fingerprint density at radius 1 is 1.09 bits per heavy atom. The van der Waals surface area contributed by atoms with Crippen molar-refractivity contribution in [3.8, 4) is 0 Å². The van der Waals surface area contributed by atoms with Crippen molar-refractivity contribution in [1.29, 1.82) is 0 Å². The van der Waals surface area contributed by atoms with Crippen LogP contribution in [0.3, 0.4) is 0 Å². The summed E-state index contributed by atoms with van der Waals surface area (Å²) in [5.74, 6) is 0. The number of aryl methyl sites for hydroxylation is 1. The molecular weight excluding hydrogens is 314 g/mol. The SMILES string of the molecule is Cc1cccc(Cc2cccc(S(N)(=O)=O)c2C2NNNN2)c1. The monoisotopic (exact) mass is 333 g/mol. The largest absolute Gasteiger partial charge is 0.238 e. The third kappa shape index (κ3) is 3.58. The van der Waals surface area contributed by atoms with E-state index in [1.807, 2.05) is 31.2 Å². The third-order valence-corrected chi connectivity index (χ3v) is 4.69. The summed E-state index contributed by atoms with van der Waals surface area (Å²) in [5, 5.41) is 5.39. The highest BCUT2D eigenvalue weighted by molar-refractivity contribution is 7.89. The number of primary sulfonamides is 1. The molecule has 1 heterocycles. The fourth-order valence-electron chi connectivity index (χ4n) is 2.76. The Morgan fingerprint density at radius 2 is 1.78 bits per heavy atom. The topological polar surface area (TPSA) is 108 Å². The summed E-state index contributed by atoms with van der Waals surface area (Å²) in [6.45, 7) is 2.03. The Labute approximate surface area is 135 Å². The molecule has 1 aliphatic heterocycles. The van der Waals surface area contributed by atoms with E-state index in [0.29, 0.717) is 12.0 Å². The number of hydrazine groups is 3. The van der Waals surface area contributed by atoms with E-state index in [1.165, 1.54) is 6.07 Å². The Balaban J connectivity index is 2.08. The molecule has 0 spiro atoms. The summed E-state index contributed by atoms with van der Waals surface area (Å²) in [5.41, 5.74) is 15.0. The van der Waals surface area contributed by atoms with Gasteiger partial charge in [-0.2, -0.15) is 11.1 Å². The van der Waals surface area contributed by atoms with Gasteiger partial charge in [0.25, 0.3) is 0 Å². The number of sulfonamides is 1. The van der Waals surface area contributed by atoms with Crippen molar-refractivity contribution >= 4 is 10.0 Å². The summed E-state index contributed by atoms with van der Waals surface area (Å²) in [6, 6.07) is 13.3. The Morgan fingerprint density at radius 3 is 2.43 bits per heavy atom. The molecular formula is C15H19N5O2S. The molecule has 0 amide bonds. The minimum atomic E-state index is -3.83. The molecule has 1 aliphatic rings. The van der Waals surface area contributed by atoms with Crippen molar-refractivity contribution in [2.24, 2.45) is 5.14 Å². The van der Waals surface area contributed by atoms with Crippen LogP contribution in [0.1, 0.15) is 28.4 Å². The van der Waals surface area contributed by atoms with Gasteiger partial charge < -0.3 is 0 Å². The lowest BCUT2D eigenvalue weighted by Crippen LogP contribution is -2.33. The second-order valence-electron chi connectivity index (χ2n) is 5.51. The predicted octanol–water partition coefficient (Wildman–Crippen LogP) is 0.349. The Hall–Kier alpha value is -1.81. The standard InChI is InChI=1S/C15H19N5O2S/c1-10-4-2-5-11(8-10)9-12-6-3-7-13(23(16,21)22)14(12)15-17-19-20-18-15/h2-8,15,17-20H,9H2,1H3,(H2,16,21,22). The molecule has 0 unspecified atom stereocenters. The molecule has 1 fully saturated rings. The summed E-state index contributed by atoms with van der Waals surface area (Å²) < 4.78 is 23.9. The number of nitrogens with two attached hydrogens (primary N) is 1. The highest BCUT2D eigenvalue weighted by atomic mass is 32.2. The van der Waals surface area contributed by atoms with Gasteiger partial charge in [0.1, 0.15) is 6.17 Å². The zero-order valence-electron chi connectivity index (χ0n) is 12.6. The molecule has 122 valence electrons. The molecule has 0 saturated carbocycles. The summed E-state index contributed by atoms with van der Waals surface area (Å²) in [6.07, 6.45) is 0.199. The van der Waals surface area contributed by atoms with Crippen LogP contribution in [-0.2, 0) is 16.4 Å². The van der Waals surface area contributed by atoms with Crippen molar-refractivity contribution in [2.45, 2.75) is 24.4 Å². The average molecular weight is 333 g/mol. The number of benzene rings is 2. The van der Waals surface area contributed by atoms with E-state index in [2.05, 4.69) is 28.0 Å². The van der Waals surface area contributed by atoms with E-state index in [0.717, 1.165) is 16.7 Å². The first-order valence-electron chi connectivity index (χ1n) is 7.16. The van der Waals surface area contributed by atoms with Crippen LogP contribution in [0.25, 0.3) is 0 Å². The van der Waals surface area contributed by atoms with Crippen LogP contribution in [0.15, 0.2) is 47.4 Å². The molecule has 0 radical (unpaired) electrons. The van der Waals surface area contributed by atoms with Crippen LogP contribution in [0.4, 0.5) is 0 Å². The zero-order chi connectivity index (χ0) is 16.4. The Bertz CT molecular complexity index is 816. The quantitative estimate of drug-likeness (QED) is 0.552. The molecule has 0 atom stereocenters. The van der Waals surface area contributed by atoms with Crippen molar-refractivity contribution in [3.63, 3.8) is 0 Å². The van der Waals surface area contributed by atoms with E-state index in [-0.39, 0.29) is 4.90 Å². The van der Waals surface area contributed by atoms with E-state index in [1.54, 1.807) is 6.07 Å². The second kappa shape index (κ2) is 6.36. The minimum Gasteiger partial charge on any atom is -0.225 e. The first-order chi connectivity index (χ1) is 10.9. The lowest BCUT2D eigenvalue weighted by molar-refractivity contribution is 0.535. The van der Waals surface area contributed by atoms with E-state index < -0.39 is 16.2 Å². The normalized spacial score (nSPS) is 15.9. The Kier molecular flexibility index (Phi) is 4.44. The van der Waals surface area contributed by atoms with Gasteiger partial charge in [0.15, 0.2) is 0 Å². The average Bonchev–Trinajstić information content (AvgIpc) is 3.00. The van der Waals surface area contributed by atoms with Gasteiger partial charge in [0.05, 0.1) is 4.90 Å². The van der Waals surface area contributed by atoms with Gasteiger partial charge in [-0.1, -0.05) is 42.0 Å². The molecule has 3 rings (SSSR count). The molecule has 0 aromatic heterocycles. The molecule has 2 aromatic rings.